The van der Waals surface area contributed by atoms with Crippen molar-refractivity contribution in [1.29, 1.82) is 0 Å². The number of alkyl halides is 3. The molecule has 21 heavy (non-hydrogen) atoms. The summed E-state index contributed by atoms with van der Waals surface area (Å²) in [4.78, 5) is 0. The SMILES string of the molecule is CCCC1=NN=C(S(=O)(=O)C(Br)(Br)Br)C1c1ccccc1. The Hall–Kier alpha value is -0.0500. The zero-order valence-corrected chi connectivity index (χ0v) is 16.7. The first-order chi connectivity index (χ1) is 9.79. The molecule has 1 aromatic carbocycles. The maximum absolute atomic E-state index is 12.6. The summed E-state index contributed by atoms with van der Waals surface area (Å²) in [7, 11) is -3.74. The first-order valence-electron chi connectivity index (χ1n) is 6.29. The number of benzene rings is 1. The van der Waals surface area contributed by atoms with Crippen LogP contribution in [0.3, 0.4) is 0 Å². The minimum absolute atomic E-state index is 0.0442. The highest BCUT2D eigenvalue weighted by Crippen LogP contribution is 2.44. The minimum Gasteiger partial charge on any atom is -0.219 e. The smallest absolute Gasteiger partial charge is 0.219 e. The number of halogens is 3. The van der Waals surface area contributed by atoms with Crippen LogP contribution in [0.4, 0.5) is 0 Å². The standard InChI is InChI=1S/C13H13Br3N2O2S/c1-2-6-10-11(9-7-4-3-5-8-9)12(18-17-10)21(19,20)13(14,15)16/h3-5,7-8,11H,2,6H2,1H3. The molecule has 0 spiro atoms. The summed E-state index contributed by atoms with van der Waals surface area (Å²) in [5, 5.41) is 8.11. The lowest BCUT2D eigenvalue weighted by Gasteiger charge is -2.19. The first kappa shape index (κ1) is 17.3. The molecule has 0 aliphatic carbocycles. The van der Waals surface area contributed by atoms with Gasteiger partial charge in [0.05, 0.1) is 11.6 Å². The predicted molar refractivity (Wildman–Crippen MR) is 97.4 cm³/mol. The summed E-state index contributed by atoms with van der Waals surface area (Å²) in [5.41, 5.74) is 1.65. The number of hydrogen-bond donors (Lipinski definition) is 0. The highest BCUT2D eigenvalue weighted by atomic mass is 80.0. The molecule has 8 heteroatoms. The zero-order chi connectivity index (χ0) is 15.7. The van der Waals surface area contributed by atoms with E-state index in [2.05, 4.69) is 58.0 Å². The van der Waals surface area contributed by atoms with Crippen molar-refractivity contribution in [2.24, 2.45) is 10.2 Å². The molecule has 1 atom stereocenters. The summed E-state index contributed by atoms with van der Waals surface area (Å²) in [6, 6.07) is 9.44. The van der Waals surface area contributed by atoms with Gasteiger partial charge in [-0.3, -0.25) is 0 Å². The van der Waals surface area contributed by atoms with Gasteiger partial charge in [0.15, 0.2) is 5.04 Å². The second-order valence-corrected chi connectivity index (χ2v) is 14.9. The van der Waals surface area contributed by atoms with Gasteiger partial charge in [0.1, 0.15) is 0 Å². The molecule has 0 aromatic heterocycles. The van der Waals surface area contributed by atoms with E-state index in [0.717, 1.165) is 17.7 Å². The molecule has 0 radical (unpaired) electrons. The zero-order valence-electron chi connectivity index (χ0n) is 11.1. The van der Waals surface area contributed by atoms with Gasteiger partial charge in [-0.1, -0.05) is 43.7 Å². The van der Waals surface area contributed by atoms with Gasteiger partial charge in [0, 0.05) is 0 Å². The quantitative estimate of drug-likeness (QED) is 0.572. The van der Waals surface area contributed by atoms with Crippen LogP contribution in [0.25, 0.3) is 0 Å². The Balaban J connectivity index is 2.49. The number of hydrogen-bond acceptors (Lipinski definition) is 4. The van der Waals surface area contributed by atoms with Crippen molar-refractivity contribution in [3.05, 3.63) is 35.9 Å². The van der Waals surface area contributed by atoms with Gasteiger partial charge in [0.2, 0.25) is 11.3 Å². The average molecular weight is 501 g/mol. The van der Waals surface area contributed by atoms with Crippen LogP contribution in [-0.4, -0.2) is 20.6 Å². The fourth-order valence-corrected chi connectivity index (χ4v) is 4.59. The lowest BCUT2D eigenvalue weighted by atomic mass is 9.93. The fourth-order valence-electron chi connectivity index (χ4n) is 2.13. The molecule has 1 unspecified atom stereocenters. The van der Waals surface area contributed by atoms with Gasteiger partial charge >= 0.3 is 0 Å². The second kappa shape index (κ2) is 6.60. The van der Waals surface area contributed by atoms with Gasteiger partial charge in [0.25, 0.3) is 0 Å². The Morgan fingerprint density at radius 3 is 2.29 bits per heavy atom. The van der Waals surface area contributed by atoms with Crippen LogP contribution in [0, 0.1) is 0 Å². The molecule has 1 aromatic rings. The van der Waals surface area contributed by atoms with E-state index in [9.17, 15) is 8.42 Å². The summed E-state index contributed by atoms with van der Waals surface area (Å²) in [6.45, 7) is 2.03. The minimum atomic E-state index is -3.74. The summed E-state index contributed by atoms with van der Waals surface area (Å²) in [5.74, 6) is -0.428. The third kappa shape index (κ3) is 3.48. The molecule has 4 nitrogen and oxygen atoms in total. The van der Waals surface area contributed by atoms with Gasteiger partial charge in [-0.2, -0.15) is 5.10 Å². The molecule has 2 rings (SSSR count). The van der Waals surface area contributed by atoms with E-state index < -0.39 is 17.2 Å². The van der Waals surface area contributed by atoms with Crippen LogP contribution in [-0.2, 0) is 9.84 Å². The van der Waals surface area contributed by atoms with Crippen molar-refractivity contribution in [2.45, 2.75) is 27.2 Å². The van der Waals surface area contributed by atoms with E-state index in [1.165, 1.54) is 0 Å². The van der Waals surface area contributed by atoms with Crippen LogP contribution >= 0.6 is 47.8 Å². The highest BCUT2D eigenvalue weighted by molar-refractivity contribution is 9.42. The van der Waals surface area contributed by atoms with Crippen LogP contribution in [0.1, 0.15) is 31.2 Å². The van der Waals surface area contributed by atoms with E-state index in [4.69, 9.17) is 0 Å². The Kier molecular flexibility index (Phi) is 5.44. The number of nitrogens with zero attached hydrogens (tertiary/aromatic N) is 2. The number of rotatable bonds is 3. The molecule has 1 aliphatic heterocycles. The fraction of sp³-hybridized carbons (Fsp3) is 0.385. The largest absolute Gasteiger partial charge is 0.240 e. The predicted octanol–water partition coefficient (Wildman–Crippen LogP) is 4.55. The third-order valence-corrected chi connectivity index (χ3v) is 8.39. The van der Waals surface area contributed by atoms with Crippen molar-refractivity contribution in [3.63, 3.8) is 0 Å². The van der Waals surface area contributed by atoms with Crippen LogP contribution in [0.2, 0.25) is 0 Å². The molecule has 1 aliphatic rings. The van der Waals surface area contributed by atoms with Gasteiger partial charge in [-0.15, -0.1) is 5.10 Å². The van der Waals surface area contributed by atoms with E-state index in [1.54, 1.807) is 0 Å². The van der Waals surface area contributed by atoms with Gasteiger partial charge in [-0.25, -0.2) is 8.42 Å². The molecule has 0 bridgehead atoms. The summed E-state index contributed by atoms with van der Waals surface area (Å²) >= 11 is 9.25. The van der Waals surface area contributed by atoms with Crippen LogP contribution in [0.15, 0.2) is 40.5 Å². The number of sulfone groups is 1. The van der Waals surface area contributed by atoms with Gasteiger partial charge in [-0.05, 0) is 59.8 Å². The Morgan fingerprint density at radius 1 is 1.14 bits per heavy atom. The molecule has 114 valence electrons. The molecule has 1 heterocycles. The third-order valence-electron chi connectivity index (χ3n) is 3.08. The molecule has 0 N–H and O–H groups in total. The second-order valence-electron chi connectivity index (χ2n) is 4.57. The topological polar surface area (TPSA) is 58.9 Å². The Morgan fingerprint density at radius 2 is 1.76 bits per heavy atom. The molecule has 0 saturated carbocycles. The van der Waals surface area contributed by atoms with Gasteiger partial charge < -0.3 is 0 Å². The monoisotopic (exact) mass is 498 g/mol. The molecular formula is C13H13Br3N2O2S. The van der Waals surface area contributed by atoms with Crippen LogP contribution < -0.4 is 0 Å². The summed E-state index contributed by atoms with van der Waals surface area (Å²) in [6.07, 6.45) is 1.59. The molecule has 0 fully saturated rings. The maximum Gasteiger partial charge on any atom is 0.240 e. The lowest BCUT2D eigenvalue weighted by molar-refractivity contribution is 0.609. The van der Waals surface area contributed by atoms with E-state index >= 15 is 0 Å². The van der Waals surface area contributed by atoms with E-state index in [-0.39, 0.29) is 5.04 Å². The van der Waals surface area contributed by atoms with Crippen molar-refractivity contribution < 1.29 is 8.42 Å². The average Bonchev–Trinajstić information content (AvgIpc) is 2.83. The Bertz CT molecular complexity index is 679. The lowest BCUT2D eigenvalue weighted by Crippen LogP contribution is -2.32. The highest BCUT2D eigenvalue weighted by Gasteiger charge is 2.46. The molecular weight excluding hydrogens is 488 g/mol. The van der Waals surface area contributed by atoms with E-state index in [1.807, 2.05) is 37.3 Å². The van der Waals surface area contributed by atoms with Crippen LogP contribution in [0.5, 0.6) is 0 Å². The van der Waals surface area contributed by atoms with E-state index in [0.29, 0.717) is 6.42 Å². The van der Waals surface area contributed by atoms with Crippen molar-refractivity contribution in [1.82, 2.24) is 0 Å². The summed E-state index contributed by atoms with van der Waals surface area (Å²) < 4.78 is 23.8. The molecule has 0 amide bonds. The van der Waals surface area contributed by atoms with Crippen molar-refractivity contribution in [2.75, 3.05) is 0 Å². The van der Waals surface area contributed by atoms with Crippen molar-refractivity contribution >= 4 is 68.4 Å². The molecule has 0 saturated heterocycles. The first-order valence-corrected chi connectivity index (χ1v) is 10.2. The van der Waals surface area contributed by atoms with Crippen molar-refractivity contribution in [3.8, 4) is 0 Å². The normalized spacial score (nSPS) is 19.3. The maximum atomic E-state index is 12.6. The Labute approximate surface area is 149 Å².